The lowest BCUT2D eigenvalue weighted by molar-refractivity contribution is -0.385. The fourth-order valence-electron chi connectivity index (χ4n) is 2.19. The van der Waals surface area contributed by atoms with Crippen LogP contribution in [0.2, 0.25) is 0 Å². The highest BCUT2D eigenvalue weighted by atomic mass is 16.6. The lowest BCUT2D eigenvalue weighted by Gasteiger charge is -2.22. The van der Waals surface area contributed by atoms with Gasteiger partial charge in [-0.15, -0.1) is 0 Å². The number of rotatable bonds is 6. The summed E-state index contributed by atoms with van der Waals surface area (Å²) in [5, 5.41) is 20.1. The molecule has 0 spiro atoms. The molecule has 0 aliphatic heterocycles. The Labute approximate surface area is 133 Å². The topological polar surface area (TPSA) is 96.6 Å². The van der Waals surface area contributed by atoms with Crippen LogP contribution in [-0.2, 0) is 6.54 Å². The van der Waals surface area contributed by atoms with Crippen LogP contribution in [0.25, 0.3) is 0 Å². The van der Waals surface area contributed by atoms with E-state index in [1.54, 1.807) is 6.92 Å². The summed E-state index contributed by atoms with van der Waals surface area (Å²) in [7, 11) is 0. The molecule has 1 aromatic carbocycles. The van der Waals surface area contributed by atoms with Crippen molar-refractivity contribution in [3.05, 3.63) is 69.5 Å². The molecule has 2 aromatic rings. The quantitative estimate of drug-likeness (QED) is 0.649. The average Bonchev–Trinajstić information content (AvgIpc) is 2.55. The first kappa shape index (κ1) is 16.6. The van der Waals surface area contributed by atoms with Crippen LogP contribution in [0, 0.1) is 17.0 Å². The van der Waals surface area contributed by atoms with E-state index in [1.165, 1.54) is 11.0 Å². The van der Waals surface area contributed by atoms with Gasteiger partial charge < -0.3 is 10.0 Å². The van der Waals surface area contributed by atoms with E-state index in [-0.39, 0.29) is 24.4 Å². The number of carbonyl (C=O) groups is 1. The van der Waals surface area contributed by atoms with Crippen LogP contribution in [0.4, 0.5) is 5.69 Å². The van der Waals surface area contributed by atoms with Gasteiger partial charge in [0.2, 0.25) is 0 Å². The van der Waals surface area contributed by atoms with Gasteiger partial charge in [-0.3, -0.25) is 19.9 Å². The molecule has 1 N–H and O–H groups in total. The molecule has 120 valence electrons. The highest BCUT2D eigenvalue weighted by molar-refractivity contribution is 5.95. The number of nitrogens with zero attached hydrogens (tertiary/aromatic N) is 3. The van der Waals surface area contributed by atoms with Crippen molar-refractivity contribution in [1.29, 1.82) is 0 Å². The normalized spacial score (nSPS) is 10.3. The van der Waals surface area contributed by atoms with Gasteiger partial charge >= 0.3 is 0 Å². The number of hydrogen-bond donors (Lipinski definition) is 1. The first-order valence-electron chi connectivity index (χ1n) is 7.08. The summed E-state index contributed by atoms with van der Waals surface area (Å²) in [6, 6.07) is 10.6. The molecule has 0 saturated heterocycles. The molecule has 0 bridgehead atoms. The number of aromatic nitrogens is 1. The zero-order valence-corrected chi connectivity index (χ0v) is 12.7. The molecule has 0 unspecified atom stereocenters. The minimum Gasteiger partial charge on any atom is -0.395 e. The van der Waals surface area contributed by atoms with Gasteiger partial charge in [-0.2, -0.15) is 0 Å². The Balaban J connectivity index is 2.30. The third kappa shape index (κ3) is 4.10. The third-order valence-electron chi connectivity index (χ3n) is 3.39. The van der Waals surface area contributed by atoms with Crippen LogP contribution in [0.3, 0.4) is 0 Å². The van der Waals surface area contributed by atoms with Gasteiger partial charge in [-0.05, 0) is 12.5 Å². The van der Waals surface area contributed by atoms with Gasteiger partial charge in [0.1, 0.15) is 6.20 Å². The molecular weight excluding hydrogens is 298 g/mol. The number of pyridine rings is 1. The first-order chi connectivity index (χ1) is 11.0. The summed E-state index contributed by atoms with van der Waals surface area (Å²) < 4.78 is 0. The van der Waals surface area contributed by atoms with E-state index < -0.39 is 10.8 Å². The van der Waals surface area contributed by atoms with Crippen molar-refractivity contribution in [2.75, 3.05) is 13.2 Å². The molecule has 0 aliphatic rings. The zero-order valence-electron chi connectivity index (χ0n) is 12.7. The molecule has 0 atom stereocenters. The van der Waals surface area contributed by atoms with Crippen LogP contribution < -0.4 is 0 Å². The number of carbonyl (C=O) groups excluding carboxylic acids is 1. The molecule has 0 fully saturated rings. The number of nitro groups is 1. The summed E-state index contributed by atoms with van der Waals surface area (Å²) in [4.78, 5) is 28.3. The van der Waals surface area contributed by atoms with Crippen molar-refractivity contribution in [3.8, 4) is 0 Å². The second-order valence-corrected chi connectivity index (χ2v) is 5.02. The van der Waals surface area contributed by atoms with E-state index in [0.29, 0.717) is 12.2 Å². The maximum absolute atomic E-state index is 12.7. The Morgan fingerprint density at radius 2 is 2.04 bits per heavy atom. The monoisotopic (exact) mass is 315 g/mol. The van der Waals surface area contributed by atoms with Crippen molar-refractivity contribution in [3.63, 3.8) is 0 Å². The van der Waals surface area contributed by atoms with E-state index in [0.717, 1.165) is 11.8 Å². The molecule has 0 saturated carbocycles. The summed E-state index contributed by atoms with van der Waals surface area (Å²) in [5.41, 5.74) is 1.26. The number of amides is 1. The van der Waals surface area contributed by atoms with Crippen molar-refractivity contribution in [1.82, 2.24) is 9.88 Å². The number of aliphatic hydroxyl groups is 1. The second-order valence-electron chi connectivity index (χ2n) is 5.02. The molecular formula is C16H17N3O4. The molecule has 2 rings (SSSR count). The highest BCUT2D eigenvalue weighted by Crippen LogP contribution is 2.18. The Morgan fingerprint density at radius 1 is 1.35 bits per heavy atom. The van der Waals surface area contributed by atoms with Crippen LogP contribution in [0.15, 0.2) is 42.6 Å². The predicted molar refractivity (Wildman–Crippen MR) is 83.9 cm³/mol. The Kier molecular flexibility index (Phi) is 5.37. The van der Waals surface area contributed by atoms with Crippen molar-refractivity contribution >= 4 is 11.6 Å². The van der Waals surface area contributed by atoms with E-state index in [2.05, 4.69) is 4.98 Å². The molecule has 23 heavy (non-hydrogen) atoms. The molecule has 1 aromatic heterocycles. The number of aliphatic hydroxyl groups excluding tert-OH is 1. The van der Waals surface area contributed by atoms with E-state index >= 15 is 0 Å². The van der Waals surface area contributed by atoms with Crippen LogP contribution in [-0.4, -0.2) is 39.0 Å². The van der Waals surface area contributed by atoms with Crippen molar-refractivity contribution in [2.24, 2.45) is 0 Å². The number of benzene rings is 1. The predicted octanol–water partition coefficient (Wildman–Crippen LogP) is 1.93. The van der Waals surface area contributed by atoms with Gasteiger partial charge in [0.05, 0.1) is 22.8 Å². The summed E-state index contributed by atoms with van der Waals surface area (Å²) >= 11 is 0. The molecule has 1 amide bonds. The van der Waals surface area contributed by atoms with Gasteiger partial charge in [0.25, 0.3) is 11.6 Å². The zero-order chi connectivity index (χ0) is 16.8. The largest absolute Gasteiger partial charge is 0.395 e. The Hall–Kier alpha value is -2.80. The highest BCUT2D eigenvalue weighted by Gasteiger charge is 2.21. The summed E-state index contributed by atoms with van der Waals surface area (Å²) in [6.07, 6.45) is 1.12. The first-order valence-corrected chi connectivity index (χ1v) is 7.08. The lowest BCUT2D eigenvalue weighted by atomic mass is 10.1. The van der Waals surface area contributed by atoms with Crippen molar-refractivity contribution in [2.45, 2.75) is 13.5 Å². The third-order valence-corrected chi connectivity index (χ3v) is 3.39. The van der Waals surface area contributed by atoms with Crippen molar-refractivity contribution < 1.29 is 14.8 Å². The second kappa shape index (κ2) is 7.46. The minimum absolute atomic E-state index is 0.135. The molecule has 7 nitrogen and oxygen atoms in total. The standard InChI is InChI=1S/C16H17N3O4/c1-12-15(9-14(10-17-12)19(22)23)16(21)18(7-8-20)11-13-5-3-2-4-6-13/h2-6,9-10,20H,7-8,11H2,1H3. The van der Waals surface area contributed by atoms with E-state index in [1.807, 2.05) is 30.3 Å². The Morgan fingerprint density at radius 3 is 2.65 bits per heavy atom. The fourth-order valence-corrected chi connectivity index (χ4v) is 2.19. The summed E-state index contributed by atoms with van der Waals surface area (Å²) in [5.74, 6) is -0.392. The molecule has 7 heteroatoms. The maximum atomic E-state index is 12.7. The average molecular weight is 315 g/mol. The van der Waals surface area contributed by atoms with Crippen LogP contribution in [0.5, 0.6) is 0 Å². The van der Waals surface area contributed by atoms with E-state index in [4.69, 9.17) is 0 Å². The number of aryl methyl sites for hydroxylation is 1. The van der Waals surface area contributed by atoms with Gasteiger partial charge in [-0.1, -0.05) is 30.3 Å². The van der Waals surface area contributed by atoms with Gasteiger partial charge in [0.15, 0.2) is 0 Å². The van der Waals surface area contributed by atoms with Crippen LogP contribution in [0.1, 0.15) is 21.6 Å². The molecule has 0 radical (unpaired) electrons. The minimum atomic E-state index is -0.587. The van der Waals surface area contributed by atoms with E-state index in [9.17, 15) is 20.0 Å². The lowest BCUT2D eigenvalue weighted by Crippen LogP contribution is -2.33. The SMILES string of the molecule is Cc1ncc([N+](=O)[O-])cc1C(=O)N(CCO)Cc1ccccc1. The number of hydrogen-bond acceptors (Lipinski definition) is 5. The summed E-state index contributed by atoms with van der Waals surface area (Å²) in [6.45, 7) is 1.87. The molecule has 0 aliphatic carbocycles. The smallest absolute Gasteiger partial charge is 0.288 e. The fraction of sp³-hybridized carbons (Fsp3) is 0.250. The Bertz CT molecular complexity index is 704. The van der Waals surface area contributed by atoms with Gasteiger partial charge in [-0.25, -0.2) is 0 Å². The maximum Gasteiger partial charge on any atom is 0.288 e. The molecule has 1 heterocycles. The van der Waals surface area contributed by atoms with Gasteiger partial charge in [0, 0.05) is 19.2 Å². The van der Waals surface area contributed by atoms with Crippen LogP contribution >= 0.6 is 0 Å².